The zero-order valence-electron chi connectivity index (χ0n) is 11.7. The van der Waals surface area contributed by atoms with Crippen molar-refractivity contribution in [1.82, 2.24) is 4.31 Å². The van der Waals surface area contributed by atoms with Crippen LogP contribution in [0.1, 0.15) is 18.6 Å². The normalized spacial score (nSPS) is 23.3. The van der Waals surface area contributed by atoms with Crippen LogP contribution in [0.4, 0.5) is 0 Å². The maximum atomic E-state index is 12.7. The molecule has 2 aromatic carbocycles. The van der Waals surface area contributed by atoms with Crippen molar-refractivity contribution in [2.24, 2.45) is 0 Å². The van der Waals surface area contributed by atoms with Crippen LogP contribution in [0, 0.1) is 0 Å². The summed E-state index contributed by atoms with van der Waals surface area (Å²) in [5, 5.41) is 0. The van der Waals surface area contributed by atoms with E-state index in [0.29, 0.717) is 11.4 Å². The Kier molecular flexibility index (Phi) is 3.80. The van der Waals surface area contributed by atoms with Crippen LogP contribution in [-0.2, 0) is 14.8 Å². The molecule has 0 spiro atoms. The predicted octanol–water partition coefficient (Wildman–Crippen LogP) is 2.79. The molecule has 0 N–H and O–H groups in total. The lowest BCUT2D eigenvalue weighted by Gasteiger charge is -2.18. The molecule has 5 heteroatoms. The number of nitrogens with zero attached hydrogens (tertiary/aromatic N) is 1. The lowest BCUT2D eigenvalue weighted by molar-refractivity contribution is 0.0344. The smallest absolute Gasteiger partial charge is 0.245 e. The Labute approximate surface area is 125 Å². The number of benzene rings is 2. The third-order valence-corrected chi connectivity index (χ3v) is 5.56. The average molecular weight is 303 g/mol. The van der Waals surface area contributed by atoms with Crippen LogP contribution in [0.15, 0.2) is 65.6 Å². The lowest BCUT2D eigenvalue weighted by Crippen LogP contribution is -2.34. The Morgan fingerprint density at radius 2 is 1.57 bits per heavy atom. The quantitative estimate of drug-likeness (QED) is 0.876. The minimum Gasteiger partial charge on any atom is -0.353 e. The molecule has 0 aliphatic carbocycles. The van der Waals surface area contributed by atoms with Crippen LogP contribution in [-0.4, -0.2) is 25.5 Å². The molecule has 1 aliphatic rings. The molecule has 2 atom stereocenters. The number of sulfonamides is 1. The fourth-order valence-electron chi connectivity index (χ4n) is 2.53. The SMILES string of the molecule is C[C@@H]1O[C@H](c2ccccc2)CN1S(=O)(=O)c1ccccc1. The first-order valence-electron chi connectivity index (χ1n) is 6.86. The van der Waals surface area contributed by atoms with Crippen molar-refractivity contribution in [2.75, 3.05) is 6.54 Å². The van der Waals surface area contributed by atoms with Crippen molar-refractivity contribution in [3.63, 3.8) is 0 Å². The Morgan fingerprint density at radius 3 is 2.19 bits per heavy atom. The van der Waals surface area contributed by atoms with Gasteiger partial charge in [-0.3, -0.25) is 0 Å². The molecule has 4 nitrogen and oxygen atoms in total. The Morgan fingerprint density at radius 1 is 1.00 bits per heavy atom. The molecular formula is C16H17NO3S. The molecule has 0 bridgehead atoms. The molecule has 0 unspecified atom stereocenters. The van der Waals surface area contributed by atoms with Crippen molar-refractivity contribution in [3.8, 4) is 0 Å². The van der Waals surface area contributed by atoms with Gasteiger partial charge < -0.3 is 4.74 Å². The minimum atomic E-state index is -3.52. The van der Waals surface area contributed by atoms with Gasteiger partial charge in [-0.1, -0.05) is 48.5 Å². The summed E-state index contributed by atoms with van der Waals surface area (Å²) in [6, 6.07) is 18.2. The molecule has 21 heavy (non-hydrogen) atoms. The summed E-state index contributed by atoms with van der Waals surface area (Å²) in [4.78, 5) is 0.300. The third kappa shape index (κ3) is 2.72. The van der Waals surface area contributed by atoms with Gasteiger partial charge in [0.15, 0.2) is 0 Å². The molecule has 1 aliphatic heterocycles. The summed E-state index contributed by atoms with van der Waals surface area (Å²) in [5.41, 5.74) is 0.995. The highest BCUT2D eigenvalue weighted by Crippen LogP contribution is 2.32. The Hall–Kier alpha value is -1.69. The highest BCUT2D eigenvalue weighted by atomic mass is 32.2. The van der Waals surface area contributed by atoms with E-state index in [2.05, 4.69) is 0 Å². The van der Waals surface area contributed by atoms with E-state index >= 15 is 0 Å². The average Bonchev–Trinajstić information content (AvgIpc) is 2.92. The van der Waals surface area contributed by atoms with Crippen molar-refractivity contribution >= 4 is 10.0 Å². The van der Waals surface area contributed by atoms with Gasteiger partial charge in [-0.05, 0) is 24.6 Å². The molecule has 110 valence electrons. The van der Waals surface area contributed by atoms with Gasteiger partial charge in [0.2, 0.25) is 10.0 Å². The van der Waals surface area contributed by atoms with Gasteiger partial charge in [0.05, 0.1) is 11.0 Å². The van der Waals surface area contributed by atoms with E-state index in [0.717, 1.165) is 5.56 Å². The molecule has 1 heterocycles. The van der Waals surface area contributed by atoms with E-state index in [4.69, 9.17) is 4.74 Å². The van der Waals surface area contributed by atoms with Gasteiger partial charge in [-0.25, -0.2) is 8.42 Å². The predicted molar refractivity (Wildman–Crippen MR) is 80.1 cm³/mol. The van der Waals surface area contributed by atoms with E-state index in [-0.39, 0.29) is 6.10 Å². The topological polar surface area (TPSA) is 46.6 Å². The van der Waals surface area contributed by atoms with Crippen LogP contribution < -0.4 is 0 Å². The van der Waals surface area contributed by atoms with E-state index in [9.17, 15) is 8.42 Å². The highest BCUT2D eigenvalue weighted by molar-refractivity contribution is 7.89. The molecule has 0 aromatic heterocycles. The van der Waals surface area contributed by atoms with Gasteiger partial charge in [-0.15, -0.1) is 0 Å². The maximum absolute atomic E-state index is 12.7. The fourth-order valence-corrected chi connectivity index (χ4v) is 4.08. The van der Waals surface area contributed by atoms with Crippen LogP contribution >= 0.6 is 0 Å². The molecule has 0 radical (unpaired) electrons. The van der Waals surface area contributed by atoms with E-state index in [1.165, 1.54) is 4.31 Å². The molecule has 0 saturated carbocycles. The minimum absolute atomic E-state index is 0.223. The molecule has 2 aromatic rings. The van der Waals surface area contributed by atoms with E-state index in [1.807, 2.05) is 30.3 Å². The maximum Gasteiger partial charge on any atom is 0.245 e. The first-order valence-corrected chi connectivity index (χ1v) is 8.30. The summed E-state index contributed by atoms with van der Waals surface area (Å²) in [6.07, 6.45) is -0.694. The first kappa shape index (κ1) is 14.3. The zero-order chi connectivity index (χ0) is 14.9. The molecule has 3 rings (SSSR count). The standard InChI is InChI=1S/C16H17NO3S/c1-13-17(21(18,19)15-10-6-3-7-11-15)12-16(20-13)14-8-4-2-5-9-14/h2-11,13,16H,12H2,1H3/t13-,16-/m0/s1. The molecular weight excluding hydrogens is 286 g/mol. The summed E-state index contributed by atoms with van der Waals surface area (Å²) in [7, 11) is -3.52. The summed E-state index contributed by atoms with van der Waals surface area (Å²) in [5.74, 6) is 0. The molecule has 1 fully saturated rings. The molecule has 1 saturated heterocycles. The second kappa shape index (κ2) is 5.60. The second-order valence-electron chi connectivity index (χ2n) is 5.02. The van der Waals surface area contributed by atoms with E-state index < -0.39 is 16.3 Å². The van der Waals surface area contributed by atoms with Gasteiger partial charge >= 0.3 is 0 Å². The van der Waals surface area contributed by atoms with Crippen molar-refractivity contribution in [2.45, 2.75) is 24.2 Å². The van der Waals surface area contributed by atoms with Crippen LogP contribution in [0.3, 0.4) is 0 Å². The second-order valence-corrected chi connectivity index (χ2v) is 6.91. The fraction of sp³-hybridized carbons (Fsp3) is 0.250. The summed E-state index contributed by atoms with van der Waals surface area (Å²) < 4.78 is 32.6. The van der Waals surface area contributed by atoms with Gasteiger partial charge in [0.25, 0.3) is 0 Å². The Bertz CT molecular complexity index is 701. The zero-order valence-corrected chi connectivity index (χ0v) is 12.5. The van der Waals surface area contributed by atoms with Crippen molar-refractivity contribution in [1.29, 1.82) is 0 Å². The van der Waals surface area contributed by atoms with Crippen molar-refractivity contribution in [3.05, 3.63) is 66.2 Å². The van der Waals surface area contributed by atoms with Crippen LogP contribution in [0.25, 0.3) is 0 Å². The van der Waals surface area contributed by atoms with Gasteiger partial charge in [-0.2, -0.15) is 4.31 Å². The van der Waals surface area contributed by atoms with Crippen LogP contribution in [0.2, 0.25) is 0 Å². The van der Waals surface area contributed by atoms with Crippen molar-refractivity contribution < 1.29 is 13.2 Å². The highest BCUT2D eigenvalue weighted by Gasteiger charge is 2.39. The number of hydrogen-bond acceptors (Lipinski definition) is 3. The van der Waals surface area contributed by atoms with Gasteiger partial charge in [0, 0.05) is 6.54 Å². The third-order valence-electron chi connectivity index (χ3n) is 3.63. The van der Waals surface area contributed by atoms with E-state index in [1.54, 1.807) is 37.3 Å². The number of rotatable bonds is 3. The Balaban J connectivity index is 1.87. The number of ether oxygens (including phenoxy) is 1. The first-order chi connectivity index (χ1) is 10.1. The molecule has 0 amide bonds. The lowest BCUT2D eigenvalue weighted by atomic mass is 10.1. The summed E-state index contributed by atoms with van der Waals surface area (Å²) in [6.45, 7) is 2.10. The van der Waals surface area contributed by atoms with Crippen LogP contribution in [0.5, 0.6) is 0 Å². The largest absolute Gasteiger partial charge is 0.353 e. The number of hydrogen-bond donors (Lipinski definition) is 0. The monoisotopic (exact) mass is 303 g/mol. The summed E-state index contributed by atoms with van der Waals surface area (Å²) >= 11 is 0. The van der Waals surface area contributed by atoms with Gasteiger partial charge in [0.1, 0.15) is 6.23 Å².